The largest absolute Gasteiger partial charge is 0.332 e. The molecule has 0 saturated carbocycles. The van der Waals surface area contributed by atoms with Gasteiger partial charge in [-0.3, -0.25) is 4.79 Å². The van der Waals surface area contributed by atoms with E-state index in [0.717, 1.165) is 37.3 Å². The molecule has 142 valence electrons. The molecule has 7 heteroatoms. The van der Waals surface area contributed by atoms with Crippen LogP contribution in [0.2, 0.25) is 0 Å². The smallest absolute Gasteiger partial charge is 0.239 e. The van der Waals surface area contributed by atoms with Gasteiger partial charge >= 0.3 is 0 Å². The number of carbonyl (C=O) groups is 1. The van der Waals surface area contributed by atoms with E-state index in [9.17, 15) is 4.79 Å². The Morgan fingerprint density at radius 1 is 1.27 bits per heavy atom. The molecule has 0 saturated heterocycles. The van der Waals surface area contributed by atoms with Crippen molar-refractivity contribution in [1.29, 1.82) is 0 Å². The van der Waals surface area contributed by atoms with Gasteiger partial charge < -0.3 is 15.2 Å². The van der Waals surface area contributed by atoms with Crippen LogP contribution in [0.4, 0.5) is 0 Å². The molecule has 0 radical (unpaired) electrons. The van der Waals surface area contributed by atoms with Crippen LogP contribution < -0.4 is 5.73 Å². The minimum Gasteiger partial charge on any atom is -0.332 e. The third-order valence-corrected chi connectivity index (χ3v) is 4.80. The highest BCUT2D eigenvalue weighted by Crippen LogP contribution is 2.23. The second-order valence-corrected chi connectivity index (χ2v) is 6.85. The van der Waals surface area contributed by atoms with Crippen LogP contribution in [0.5, 0.6) is 0 Å². The van der Waals surface area contributed by atoms with Gasteiger partial charge in [0.1, 0.15) is 5.82 Å². The zero-order chi connectivity index (χ0) is 17.8. The number of halogens is 1. The first-order valence-electron chi connectivity index (χ1n) is 9.11. The van der Waals surface area contributed by atoms with Crippen LogP contribution in [0.25, 0.3) is 0 Å². The number of nitrogens with two attached hydrogens (primary N) is 1. The molecule has 2 heterocycles. The fourth-order valence-corrected chi connectivity index (χ4v) is 3.52. The summed E-state index contributed by atoms with van der Waals surface area (Å²) in [7, 11) is 0. The molecule has 26 heavy (non-hydrogen) atoms. The van der Waals surface area contributed by atoms with Gasteiger partial charge in [-0.05, 0) is 25.3 Å². The van der Waals surface area contributed by atoms with Crippen LogP contribution in [0, 0.1) is 0 Å². The fraction of sp³-hybridized carbons (Fsp3) is 0.526. The van der Waals surface area contributed by atoms with E-state index in [1.165, 1.54) is 5.56 Å². The number of nitrogens with zero attached hydrogens (tertiary/aromatic N) is 4. The van der Waals surface area contributed by atoms with Crippen LogP contribution >= 0.6 is 12.4 Å². The molecular formula is C19H28ClN5O. The first kappa shape index (κ1) is 20.4. The van der Waals surface area contributed by atoms with E-state index in [0.29, 0.717) is 13.1 Å². The fourth-order valence-electron chi connectivity index (χ4n) is 3.52. The highest BCUT2D eigenvalue weighted by Gasteiger charge is 2.30. The van der Waals surface area contributed by atoms with Gasteiger partial charge in [-0.25, -0.2) is 0 Å². The van der Waals surface area contributed by atoms with Crippen LogP contribution in [0.1, 0.15) is 49.9 Å². The molecule has 0 spiro atoms. The minimum atomic E-state index is -0.413. The highest BCUT2D eigenvalue weighted by atomic mass is 35.5. The van der Waals surface area contributed by atoms with Gasteiger partial charge in [-0.1, -0.05) is 43.7 Å². The summed E-state index contributed by atoms with van der Waals surface area (Å²) in [5.41, 5.74) is 7.30. The lowest BCUT2D eigenvalue weighted by molar-refractivity contribution is -0.134. The standard InChI is InChI=1S/C19H27N5O.ClH/c1-3-7-16(20)19(25)23-12-14(2)24-17(21-22-18(24)13-23)11-10-15-8-5-4-6-9-15;/h4-6,8-9,14,16H,3,7,10-13,20H2,1-2H3;1H/t14-,16-;/m0./s1. The molecule has 2 aromatic rings. The van der Waals surface area contributed by atoms with Gasteiger partial charge in [0.25, 0.3) is 0 Å². The second-order valence-electron chi connectivity index (χ2n) is 6.85. The van der Waals surface area contributed by atoms with Crippen molar-refractivity contribution in [2.45, 2.75) is 58.2 Å². The maximum atomic E-state index is 12.5. The Kier molecular flexibility index (Phi) is 7.17. The maximum absolute atomic E-state index is 12.5. The Hall–Kier alpha value is -1.92. The van der Waals surface area contributed by atoms with Gasteiger partial charge in [-0.15, -0.1) is 22.6 Å². The molecule has 0 aliphatic carbocycles. The Bertz CT molecular complexity index is 718. The Balaban J connectivity index is 0.00000243. The molecule has 0 unspecified atom stereocenters. The van der Waals surface area contributed by atoms with Crippen molar-refractivity contribution in [3.63, 3.8) is 0 Å². The summed E-state index contributed by atoms with van der Waals surface area (Å²) in [6.45, 7) is 5.32. The molecular weight excluding hydrogens is 350 g/mol. The highest BCUT2D eigenvalue weighted by molar-refractivity contribution is 5.85. The van der Waals surface area contributed by atoms with E-state index >= 15 is 0 Å². The van der Waals surface area contributed by atoms with E-state index in [1.54, 1.807) is 0 Å². The summed E-state index contributed by atoms with van der Waals surface area (Å²) in [5.74, 6) is 1.88. The van der Waals surface area contributed by atoms with Crippen molar-refractivity contribution >= 4 is 18.3 Å². The molecule has 1 amide bonds. The predicted octanol–water partition coefficient (Wildman–Crippen LogP) is 2.52. The van der Waals surface area contributed by atoms with Gasteiger partial charge in [0.05, 0.1) is 18.6 Å². The van der Waals surface area contributed by atoms with Crippen molar-refractivity contribution in [3.05, 3.63) is 47.5 Å². The first-order chi connectivity index (χ1) is 12.1. The molecule has 1 aliphatic heterocycles. The number of aromatic nitrogens is 3. The Morgan fingerprint density at radius 3 is 2.69 bits per heavy atom. The summed E-state index contributed by atoms with van der Waals surface area (Å²) in [4.78, 5) is 14.3. The lowest BCUT2D eigenvalue weighted by Crippen LogP contribution is -2.48. The van der Waals surface area contributed by atoms with Gasteiger partial charge in [0.2, 0.25) is 5.91 Å². The predicted molar refractivity (Wildman–Crippen MR) is 104 cm³/mol. The number of fused-ring (bicyclic) bond motifs is 1. The van der Waals surface area contributed by atoms with Crippen LogP contribution in [0.3, 0.4) is 0 Å². The van der Waals surface area contributed by atoms with Crippen LogP contribution in [-0.4, -0.2) is 38.2 Å². The molecule has 3 rings (SSSR count). The number of hydrogen-bond donors (Lipinski definition) is 1. The van der Waals surface area contributed by atoms with Crippen molar-refractivity contribution < 1.29 is 4.79 Å². The normalized spacial score (nSPS) is 17.3. The molecule has 1 aliphatic rings. The number of carbonyl (C=O) groups excluding carboxylic acids is 1. The summed E-state index contributed by atoms with van der Waals surface area (Å²) >= 11 is 0. The average molecular weight is 378 g/mol. The summed E-state index contributed by atoms with van der Waals surface area (Å²) in [6.07, 6.45) is 3.43. The molecule has 0 bridgehead atoms. The number of aryl methyl sites for hydroxylation is 2. The molecule has 6 nitrogen and oxygen atoms in total. The third kappa shape index (κ3) is 4.43. The SMILES string of the molecule is CCC[C@H](N)C(=O)N1Cc2nnc(CCc3ccccc3)n2[C@@H](C)C1.Cl. The molecule has 2 atom stereocenters. The molecule has 1 aromatic carbocycles. The third-order valence-electron chi connectivity index (χ3n) is 4.80. The van der Waals surface area contributed by atoms with Crippen molar-refractivity contribution in [3.8, 4) is 0 Å². The van der Waals surface area contributed by atoms with Gasteiger partial charge in [0, 0.05) is 13.0 Å². The van der Waals surface area contributed by atoms with Crippen LogP contribution in [-0.2, 0) is 24.2 Å². The molecule has 1 aromatic heterocycles. The number of benzene rings is 1. The summed E-state index contributed by atoms with van der Waals surface area (Å²) < 4.78 is 2.19. The quantitative estimate of drug-likeness (QED) is 0.839. The van der Waals surface area contributed by atoms with E-state index < -0.39 is 6.04 Å². The van der Waals surface area contributed by atoms with E-state index in [1.807, 2.05) is 17.9 Å². The van der Waals surface area contributed by atoms with Crippen molar-refractivity contribution in [2.75, 3.05) is 6.54 Å². The minimum absolute atomic E-state index is 0. The first-order valence-corrected chi connectivity index (χ1v) is 9.11. The summed E-state index contributed by atoms with van der Waals surface area (Å²) in [6, 6.07) is 10.2. The van der Waals surface area contributed by atoms with E-state index in [-0.39, 0.29) is 24.4 Å². The van der Waals surface area contributed by atoms with Crippen LogP contribution in [0.15, 0.2) is 30.3 Å². The summed E-state index contributed by atoms with van der Waals surface area (Å²) in [5, 5.41) is 8.72. The van der Waals surface area contributed by atoms with Gasteiger partial charge in [-0.2, -0.15) is 0 Å². The lowest BCUT2D eigenvalue weighted by Gasteiger charge is -2.34. The van der Waals surface area contributed by atoms with Crippen molar-refractivity contribution in [1.82, 2.24) is 19.7 Å². The Morgan fingerprint density at radius 2 is 2.00 bits per heavy atom. The number of rotatable bonds is 6. The molecule has 2 N–H and O–H groups in total. The monoisotopic (exact) mass is 377 g/mol. The zero-order valence-electron chi connectivity index (χ0n) is 15.5. The van der Waals surface area contributed by atoms with E-state index in [4.69, 9.17) is 5.73 Å². The lowest BCUT2D eigenvalue weighted by atomic mass is 10.1. The Labute approximate surface area is 161 Å². The number of hydrogen-bond acceptors (Lipinski definition) is 4. The topological polar surface area (TPSA) is 77.0 Å². The average Bonchev–Trinajstić information content (AvgIpc) is 3.04. The van der Waals surface area contributed by atoms with Gasteiger partial charge in [0.15, 0.2) is 5.82 Å². The molecule has 0 fully saturated rings. The second kappa shape index (κ2) is 9.14. The van der Waals surface area contributed by atoms with E-state index in [2.05, 4.69) is 46.0 Å². The number of amides is 1. The zero-order valence-corrected chi connectivity index (χ0v) is 16.3. The van der Waals surface area contributed by atoms with Crippen molar-refractivity contribution in [2.24, 2.45) is 5.73 Å². The maximum Gasteiger partial charge on any atom is 0.239 e.